The molecule has 2 aromatic rings. The van der Waals surface area contributed by atoms with E-state index in [4.69, 9.17) is 9.98 Å². The van der Waals surface area contributed by atoms with Crippen LogP contribution in [0.1, 0.15) is 42.4 Å². The first kappa shape index (κ1) is 23.2. The topological polar surface area (TPSA) is 151 Å². The molecule has 0 aliphatic carbocycles. The summed E-state index contributed by atoms with van der Waals surface area (Å²) in [7, 11) is -3.90. The van der Waals surface area contributed by atoms with E-state index < -0.39 is 16.1 Å². The average Bonchev–Trinajstić information content (AvgIpc) is 3.35. The Kier molecular flexibility index (Phi) is 7.31. The Morgan fingerprint density at radius 2 is 2.06 bits per heavy atom. The number of aromatic amines is 1. The summed E-state index contributed by atoms with van der Waals surface area (Å²) in [6.07, 6.45) is 6.68. The van der Waals surface area contributed by atoms with Gasteiger partial charge in [-0.2, -0.15) is 5.48 Å². The molecule has 2 unspecified atom stereocenters. The lowest BCUT2D eigenvalue weighted by Crippen LogP contribution is -2.35. The smallest absolute Gasteiger partial charge is 0.243 e. The Labute approximate surface area is 182 Å². The van der Waals surface area contributed by atoms with Crippen LogP contribution in [0.15, 0.2) is 23.4 Å². The van der Waals surface area contributed by atoms with Crippen molar-refractivity contribution in [1.29, 1.82) is 0 Å². The molecule has 1 aliphatic rings. The third kappa shape index (κ3) is 5.82. The van der Waals surface area contributed by atoms with Crippen LogP contribution in [0.4, 0.5) is 11.6 Å². The van der Waals surface area contributed by atoms with Gasteiger partial charge in [-0.3, -0.25) is 9.63 Å². The van der Waals surface area contributed by atoms with Crippen LogP contribution in [0.25, 0.3) is 0 Å². The second-order valence-corrected chi connectivity index (χ2v) is 9.38. The molecule has 1 fully saturated rings. The van der Waals surface area contributed by atoms with Crippen molar-refractivity contribution < 1.29 is 18.0 Å². The SMILES string of the molecule is Cc1cc(C)c(S(N)(=O)=O)c(C)c1NC(=O)C1CC(CCCCNc2ncc[nH]2)ON1. The number of carbonyl (C=O) groups excluding carboxylic acids is 1. The van der Waals surface area contributed by atoms with Crippen molar-refractivity contribution in [3.05, 3.63) is 35.2 Å². The lowest BCUT2D eigenvalue weighted by Gasteiger charge is -2.18. The molecule has 6 N–H and O–H groups in total. The van der Waals surface area contributed by atoms with Crippen LogP contribution < -0.4 is 21.3 Å². The second-order valence-electron chi connectivity index (χ2n) is 7.88. The Bertz CT molecular complexity index is 1020. The largest absolute Gasteiger partial charge is 0.356 e. The van der Waals surface area contributed by atoms with E-state index in [1.54, 1.807) is 32.3 Å². The molecular formula is C20H30N6O4S. The van der Waals surface area contributed by atoms with Gasteiger partial charge in [0, 0.05) is 31.0 Å². The fourth-order valence-electron chi connectivity index (χ4n) is 3.95. The molecule has 1 amide bonds. The predicted octanol–water partition coefficient (Wildman–Crippen LogP) is 1.87. The van der Waals surface area contributed by atoms with E-state index in [9.17, 15) is 13.2 Å². The highest BCUT2D eigenvalue weighted by molar-refractivity contribution is 7.89. The molecule has 1 saturated heterocycles. The number of carbonyl (C=O) groups is 1. The highest BCUT2D eigenvalue weighted by Gasteiger charge is 2.31. The van der Waals surface area contributed by atoms with Gasteiger partial charge in [-0.15, -0.1) is 0 Å². The fourth-order valence-corrected chi connectivity index (χ4v) is 4.99. The van der Waals surface area contributed by atoms with Gasteiger partial charge < -0.3 is 15.6 Å². The number of hydroxylamine groups is 1. The zero-order chi connectivity index (χ0) is 22.6. The molecule has 1 aromatic carbocycles. The minimum Gasteiger partial charge on any atom is -0.356 e. The number of sulfonamides is 1. The van der Waals surface area contributed by atoms with Crippen LogP contribution in [-0.2, 0) is 19.7 Å². The Morgan fingerprint density at radius 3 is 2.74 bits per heavy atom. The van der Waals surface area contributed by atoms with E-state index in [0.29, 0.717) is 23.2 Å². The van der Waals surface area contributed by atoms with Gasteiger partial charge in [-0.05, 0) is 56.7 Å². The number of hydrogen-bond acceptors (Lipinski definition) is 7. The van der Waals surface area contributed by atoms with Gasteiger partial charge in [0.2, 0.25) is 15.9 Å². The van der Waals surface area contributed by atoms with Gasteiger partial charge in [0.25, 0.3) is 0 Å². The van der Waals surface area contributed by atoms with Crippen LogP contribution in [0.2, 0.25) is 0 Å². The molecular weight excluding hydrogens is 420 g/mol. The number of primary sulfonamides is 1. The number of amides is 1. The molecule has 1 aromatic heterocycles. The number of imidazole rings is 1. The first-order valence-corrected chi connectivity index (χ1v) is 11.8. The van der Waals surface area contributed by atoms with E-state index in [1.165, 1.54) is 0 Å². The van der Waals surface area contributed by atoms with Crippen molar-refractivity contribution >= 4 is 27.6 Å². The zero-order valence-electron chi connectivity index (χ0n) is 18.0. The fraction of sp³-hybridized carbons (Fsp3) is 0.500. The lowest BCUT2D eigenvalue weighted by molar-refractivity contribution is -0.119. The molecule has 2 heterocycles. The van der Waals surface area contributed by atoms with Crippen LogP contribution in [0.5, 0.6) is 0 Å². The van der Waals surface area contributed by atoms with Crippen molar-refractivity contribution in [3.8, 4) is 0 Å². The Morgan fingerprint density at radius 1 is 1.29 bits per heavy atom. The van der Waals surface area contributed by atoms with Crippen LogP contribution >= 0.6 is 0 Å². The van der Waals surface area contributed by atoms with E-state index in [-0.39, 0.29) is 16.9 Å². The first-order valence-electron chi connectivity index (χ1n) is 10.3. The number of nitrogens with zero attached hydrogens (tertiary/aromatic N) is 1. The summed E-state index contributed by atoms with van der Waals surface area (Å²) in [6.45, 7) is 5.95. The number of H-pyrrole nitrogens is 1. The first-order chi connectivity index (χ1) is 14.7. The van der Waals surface area contributed by atoms with Gasteiger partial charge in [0.1, 0.15) is 6.04 Å². The minimum absolute atomic E-state index is 0.0464. The number of aryl methyl sites for hydroxylation is 2. The number of nitrogens with one attached hydrogen (secondary N) is 4. The van der Waals surface area contributed by atoms with Crippen molar-refractivity contribution in [2.24, 2.45) is 5.14 Å². The number of nitrogens with two attached hydrogens (primary N) is 1. The van der Waals surface area contributed by atoms with E-state index >= 15 is 0 Å². The molecule has 11 heteroatoms. The van der Waals surface area contributed by atoms with Gasteiger partial charge in [0.05, 0.1) is 11.0 Å². The molecule has 3 rings (SSSR count). The molecule has 0 spiro atoms. The number of rotatable bonds is 9. The number of anilines is 2. The number of unbranched alkanes of at least 4 members (excludes halogenated alkanes) is 1. The van der Waals surface area contributed by atoms with E-state index in [1.807, 2.05) is 6.92 Å². The molecule has 2 atom stereocenters. The highest BCUT2D eigenvalue weighted by atomic mass is 32.2. The number of benzene rings is 1. The maximum Gasteiger partial charge on any atom is 0.243 e. The quantitative estimate of drug-likeness (QED) is 0.366. The summed E-state index contributed by atoms with van der Waals surface area (Å²) in [6, 6.07) is 1.20. The lowest BCUT2D eigenvalue weighted by atomic mass is 10.0. The zero-order valence-corrected chi connectivity index (χ0v) is 18.8. The van der Waals surface area contributed by atoms with E-state index in [0.717, 1.165) is 37.3 Å². The summed E-state index contributed by atoms with van der Waals surface area (Å²) < 4.78 is 23.9. The molecule has 31 heavy (non-hydrogen) atoms. The molecule has 10 nitrogen and oxygen atoms in total. The summed E-state index contributed by atoms with van der Waals surface area (Å²) >= 11 is 0. The van der Waals surface area contributed by atoms with Gasteiger partial charge in [-0.25, -0.2) is 18.5 Å². The number of hydrogen-bond donors (Lipinski definition) is 5. The summed E-state index contributed by atoms with van der Waals surface area (Å²) in [4.78, 5) is 25.5. The average molecular weight is 451 g/mol. The Balaban J connectivity index is 1.51. The van der Waals surface area contributed by atoms with Gasteiger partial charge >= 0.3 is 0 Å². The number of aromatic nitrogens is 2. The summed E-state index contributed by atoms with van der Waals surface area (Å²) in [5, 5.41) is 11.4. The van der Waals surface area contributed by atoms with Crippen molar-refractivity contribution in [2.75, 3.05) is 17.2 Å². The third-order valence-electron chi connectivity index (χ3n) is 5.37. The van der Waals surface area contributed by atoms with Gasteiger partial charge in [-0.1, -0.05) is 6.07 Å². The van der Waals surface area contributed by atoms with Crippen molar-refractivity contribution in [3.63, 3.8) is 0 Å². The Hall–Kier alpha value is -2.47. The van der Waals surface area contributed by atoms with Gasteiger partial charge in [0.15, 0.2) is 5.95 Å². The summed E-state index contributed by atoms with van der Waals surface area (Å²) in [5.41, 5.74) is 5.03. The molecule has 170 valence electrons. The predicted molar refractivity (Wildman–Crippen MR) is 118 cm³/mol. The standard InChI is InChI=1S/C20H30N6O4S/c1-12-10-13(2)18(31(21,28)29)14(3)17(12)25-19(27)16-11-15(30-26-16)6-4-5-7-22-20-23-8-9-24-20/h8-10,15-16,26H,4-7,11H2,1-3H3,(H,25,27)(H2,21,28,29)(H2,22,23,24). The van der Waals surface area contributed by atoms with Crippen LogP contribution in [-0.4, -0.2) is 43.0 Å². The second kappa shape index (κ2) is 9.77. The third-order valence-corrected chi connectivity index (χ3v) is 6.57. The normalized spacial score (nSPS) is 18.8. The van der Waals surface area contributed by atoms with E-state index in [2.05, 4.69) is 26.1 Å². The monoisotopic (exact) mass is 450 g/mol. The summed E-state index contributed by atoms with van der Waals surface area (Å²) in [5.74, 6) is 0.486. The molecule has 1 aliphatic heterocycles. The highest BCUT2D eigenvalue weighted by Crippen LogP contribution is 2.30. The van der Waals surface area contributed by atoms with Crippen LogP contribution in [0.3, 0.4) is 0 Å². The van der Waals surface area contributed by atoms with Crippen LogP contribution in [0, 0.1) is 20.8 Å². The minimum atomic E-state index is -3.90. The van der Waals surface area contributed by atoms with Crippen molar-refractivity contribution in [2.45, 2.75) is 63.5 Å². The van der Waals surface area contributed by atoms with Crippen molar-refractivity contribution in [1.82, 2.24) is 15.4 Å². The molecule has 0 bridgehead atoms. The molecule has 0 saturated carbocycles. The maximum atomic E-state index is 12.8. The molecule has 0 radical (unpaired) electrons. The maximum absolute atomic E-state index is 12.8.